The molecule has 0 aromatic carbocycles. The van der Waals surface area contributed by atoms with Crippen LogP contribution in [0.15, 0.2) is 0 Å². The molecule has 1 aliphatic carbocycles. The minimum absolute atomic E-state index is 0.643. The maximum absolute atomic E-state index is 4.77. The summed E-state index contributed by atoms with van der Waals surface area (Å²) >= 11 is 0. The van der Waals surface area contributed by atoms with E-state index in [2.05, 4.69) is 15.3 Å². The molecule has 5 heteroatoms. The largest absolute Gasteiger partial charge is 0.337 e. The van der Waals surface area contributed by atoms with Crippen molar-refractivity contribution in [1.82, 2.24) is 20.1 Å². The molecule has 94 valence electrons. The zero-order valence-electron chi connectivity index (χ0n) is 10.5. The molecule has 1 saturated carbocycles. The molecule has 17 heavy (non-hydrogen) atoms. The molecular formula is C12H21N5. The molecule has 5 nitrogen and oxygen atoms in total. The second-order valence-electron chi connectivity index (χ2n) is 5.11. The fourth-order valence-electron chi connectivity index (χ4n) is 2.92. The fourth-order valence-corrected chi connectivity index (χ4v) is 2.92. The van der Waals surface area contributed by atoms with Crippen molar-refractivity contribution in [2.45, 2.75) is 31.6 Å². The molecule has 1 aliphatic heterocycles. The van der Waals surface area contributed by atoms with Crippen molar-refractivity contribution >= 4 is 5.95 Å². The van der Waals surface area contributed by atoms with E-state index in [0.717, 1.165) is 32.1 Å². The molecule has 0 spiro atoms. The van der Waals surface area contributed by atoms with E-state index in [4.69, 9.17) is 4.98 Å². The van der Waals surface area contributed by atoms with Crippen LogP contribution in [0.1, 0.15) is 37.4 Å². The summed E-state index contributed by atoms with van der Waals surface area (Å²) in [6.07, 6.45) is 5.27. The number of anilines is 1. The van der Waals surface area contributed by atoms with Crippen molar-refractivity contribution in [2.24, 2.45) is 7.05 Å². The van der Waals surface area contributed by atoms with Gasteiger partial charge in [-0.05, 0) is 12.8 Å². The molecule has 0 atom stereocenters. The highest BCUT2D eigenvalue weighted by Gasteiger charge is 2.24. The lowest BCUT2D eigenvalue weighted by Gasteiger charge is -2.25. The van der Waals surface area contributed by atoms with Gasteiger partial charge in [-0.3, -0.25) is 4.68 Å². The summed E-state index contributed by atoms with van der Waals surface area (Å²) in [7, 11) is 2.03. The summed E-state index contributed by atoms with van der Waals surface area (Å²) in [5.41, 5.74) is 0. The van der Waals surface area contributed by atoms with Crippen LogP contribution in [0.5, 0.6) is 0 Å². The Morgan fingerprint density at radius 1 is 1.18 bits per heavy atom. The van der Waals surface area contributed by atoms with E-state index < -0.39 is 0 Å². The highest BCUT2D eigenvalue weighted by Crippen LogP contribution is 2.33. The van der Waals surface area contributed by atoms with E-state index in [-0.39, 0.29) is 0 Å². The predicted octanol–water partition coefficient (Wildman–Crippen LogP) is 0.882. The van der Waals surface area contributed by atoms with Gasteiger partial charge in [0.1, 0.15) is 5.82 Å². The molecule has 2 heterocycles. The molecule has 0 amide bonds. The highest BCUT2D eigenvalue weighted by atomic mass is 15.4. The molecule has 0 bridgehead atoms. The van der Waals surface area contributed by atoms with Crippen molar-refractivity contribution < 1.29 is 0 Å². The predicted molar refractivity (Wildman–Crippen MR) is 67.3 cm³/mol. The van der Waals surface area contributed by atoms with Gasteiger partial charge in [-0.1, -0.05) is 12.8 Å². The normalized spacial score (nSPS) is 22.3. The van der Waals surface area contributed by atoms with Crippen LogP contribution in [0.25, 0.3) is 0 Å². The van der Waals surface area contributed by atoms with Crippen molar-refractivity contribution in [3.05, 3.63) is 5.82 Å². The number of nitrogens with one attached hydrogen (secondary N) is 1. The van der Waals surface area contributed by atoms with E-state index in [9.17, 15) is 0 Å². The van der Waals surface area contributed by atoms with Gasteiger partial charge in [0.05, 0.1) is 0 Å². The number of aryl methyl sites for hydroxylation is 1. The third kappa shape index (κ3) is 2.16. The number of hydrogen-bond donors (Lipinski definition) is 1. The summed E-state index contributed by atoms with van der Waals surface area (Å²) in [6, 6.07) is 0. The first-order valence-corrected chi connectivity index (χ1v) is 6.71. The summed E-state index contributed by atoms with van der Waals surface area (Å²) in [4.78, 5) is 7.05. The first kappa shape index (κ1) is 11.0. The van der Waals surface area contributed by atoms with Gasteiger partial charge in [0.25, 0.3) is 0 Å². The van der Waals surface area contributed by atoms with Crippen LogP contribution in [0.2, 0.25) is 0 Å². The Balaban J connectivity index is 1.79. The quantitative estimate of drug-likeness (QED) is 0.826. The Hall–Kier alpha value is -1.10. The van der Waals surface area contributed by atoms with E-state index in [1.807, 2.05) is 11.7 Å². The fraction of sp³-hybridized carbons (Fsp3) is 0.833. The number of hydrogen-bond acceptors (Lipinski definition) is 4. The first-order valence-electron chi connectivity index (χ1n) is 6.71. The molecule has 0 unspecified atom stereocenters. The van der Waals surface area contributed by atoms with Gasteiger partial charge in [-0.15, -0.1) is 5.10 Å². The van der Waals surface area contributed by atoms with Crippen molar-refractivity contribution in [3.8, 4) is 0 Å². The Morgan fingerprint density at radius 2 is 1.88 bits per heavy atom. The van der Waals surface area contributed by atoms with Gasteiger partial charge in [-0.2, -0.15) is 4.98 Å². The summed E-state index contributed by atoms with van der Waals surface area (Å²) in [6.45, 7) is 4.12. The van der Waals surface area contributed by atoms with E-state index in [1.54, 1.807) is 0 Å². The summed E-state index contributed by atoms with van der Waals surface area (Å²) in [5, 5.41) is 7.94. The summed E-state index contributed by atoms with van der Waals surface area (Å²) < 4.78 is 1.99. The smallest absolute Gasteiger partial charge is 0.245 e. The minimum atomic E-state index is 0.643. The van der Waals surface area contributed by atoms with Crippen LogP contribution in [-0.4, -0.2) is 40.9 Å². The van der Waals surface area contributed by atoms with Crippen LogP contribution in [0, 0.1) is 0 Å². The van der Waals surface area contributed by atoms with Gasteiger partial charge in [0, 0.05) is 39.1 Å². The summed E-state index contributed by atoms with van der Waals surface area (Å²) in [5.74, 6) is 2.76. The number of rotatable bonds is 2. The molecule has 3 rings (SSSR count). The third-order valence-corrected chi connectivity index (χ3v) is 3.91. The van der Waals surface area contributed by atoms with E-state index in [0.29, 0.717) is 5.92 Å². The Morgan fingerprint density at radius 3 is 2.59 bits per heavy atom. The standard InChI is InChI=1S/C12H21N5/c1-16-11(10-4-2-3-5-10)14-12(15-16)17-8-6-13-7-9-17/h10,13H,2-9H2,1H3. The van der Waals surface area contributed by atoms with Gasteiger partial charge < -0.3 is 10.2 Å². The maximum atomic E-state index is 4.77. The van der Waals surface area contributed by atoms with Crippen LogP contribution in [0.4, 0.5) is 5.95 Å². The topological polar surface area (TPSA) is 46.0 Å². The van der Waals surface area contributed by atoms with Gasteiger partial charge >= 0.3 is 0 Å². The Kier molecular flexibility index (Phi) is 3.01. The zero-order chi connectivity index (χ0) is 11.7. The molecule has 1 N–H and O–H groups in total. The van der Waals surface area contributed by atoms with Gasteiger partial charge in [-0.25, -0.2) is 0 Å². The van der Waals surface area contributed by atoms with Crippen molar-refractivity contribution in [2.75, 3.05) is 31.1 Å². The molecule has 1 aromatic rings. The number of nitrogens with zero attached hydrogens (tertiary/aromatic N) is 4. The van der Waals surface area contributed by atoms with Crippen LogP contribution >= 0.6 is 0 Å². The van der Waals surface area contributed by atoms with Gasteiger partial charge in [0.15, 0.2) is 0 Å². The monoisotopic (exact) mass is 235 g/mol. The lowest BCUT2D eigenvalue weighted by Crippen LogP contribution is -2.44. The number of piperazine rings is 1. The molecular weight excluding hydrogens is 214 g/mol. The zero-order valence-corrected chi connectivity index (χ0v) is 10.5. The average molecular weight is 235 g/mol. The third-order valence-electron chi connectivity index (χ3n) is 3.91. The Bertz CT molecular complexity index is 374. The molecule has 0 radical (unpaired) electrons. The lowest BCUT2D eigenvalue weighted by molar-refractivity contribution is 0.577. The van der Waals surface area contributed by atoms with Gasteiger partial charge in [0.2, 0.25) is 5.95 Å². The maximum Gasteiger partial charge on any atom is 0.245 e. The minimum Gasteiger partial charge on any atom is -0.337 e. The molecule has 1 saturated heterocycles. The first-order chi connectivity index (χ1) is 8.34. The average Bonchev–Trinajstić information content (AvgIpc) is 2.99. The van der Waals surface area contributed by atoms with Crippen LogP contribution < -0.4 is 10.2 Å². The second-order valence-corrected chi connectivity index (χ2v) is 5.11. The van der Waals surface area contributed by atoms with E-state index in [1.165, 1.54) is 31.5 Å². The van der Waals surface area contributed by atoms with Crippen LogP contribution in [-0.2, 0) is 7.05 Å². The number of aromatic nitrogens is 3. The second kappa shape index (κ2) is 4.64. The van der Waals surface area contributed by atoms with E-state index >= 15 is 0 Å². The molecule has 1 aromatic heterocycles. The Labute approximate surface area is 102 Å². The highest BCUT2D eigenvalue weighted by molar-refractivity contribution is 5.30. The lowest BCUT2D eigenvalue weighted by atomic mass is 10.1. The molecule has 2 aliphatic rings. The van der Waals surface area contributed by atoms with Crippen molar-refractivity contribution in [3.63, 3.8) is 0 Å². The van der Waals surface area contributed by atoms with Crippen molar-refractivity contribution in [1.29, 1.82) is 0 Å². The SMILES string of the molecule is Cn1nc(N2CCNCC2)nc1C1CCCC1. The van der Waals surface area contributed by atoms with Crippen LogP contribution in [0.3, 0.4) is 0 Å². The molecule has 2 fully saturated rings.